The monoisotopic (exact) mass is 502 g/mol. The standard InChI is InChI=1S/C31H25N3PS/c1-2-22-33-23-29(30-32-27-20-12-13-21-28(27)34(30)31(33)36)35(24-14-6-3-7-15-24,25-16-8-4-9-17-25)26-18-10-5-11-19-26/h2-21,23H,1,22H2/q+1. The van der Waals surface area contributed by atoms with Crippen molar-refractivity contribution < 1.29 is 0 Å². The van der Waals surface area contributed by atoms with Gasteiger partial charge in [-0.05, 0) is 60.7 Å². The Morgan fingerprint density at radius 2 is 1.22 bits per heavy atom. The molecule has 4 aromatic carbocycles. The van der Waals surface area contributed by atoms with Gasteiger partial charge in [0.2, 0.25) is 0 Å². The van der Waals surface area contributed by atoms with E-state index in [9.17, 15) is 0 Å². The van der Waals surface area contributed by atoms with Crippen LogP contribution in [0.5, 0.6) is 0 Å². The summed E-state index contributed by atoms with van der Waals surface area (Å²) in [7, 11) is -2.36. The van der Waals surface area contributed by atoms with Gasteiger partial charge in [-0.2, -0.15) is 0 Å². The van der Waals surface area contributed by atoms with E-state index in [1.807, 2.05) is 18.2 Å². The van der Waals surface area contributed by atoms with Crippen LogP contribution in [0.3, 0.4) is 0 Å². The van der Waals surface area contributed by atoms with Gasteiger partial charge in [-0.15, -0.1) is 6.58 Å². The SMILES string of the molecule is C=CCn1cc([P+](c2ccccc2)(c2ccccc2)c2ccccc2)c2nc3ccccc3n2c1=S. The topological polar surface area (TPSA) is 22.2 Å². The number of imidazole rings is 1. The fourth-order valence-corrected chi connectivity index (χ4v) is 9.77. The third-order valence-electron chi connectivity index (χ3n) is 6.62. The number of rotatable bonds is 6. The molecule has 174 valence electrons. The Bertz CT molecular complexity index is 1640. The minimum atomic E-state index is -2.36. The molecule has 0 unspecified atom stereocenters. The Balaban J connectivity index is 1.88. The van der Waals surface area contributed by atoms with Crippen LogP contribution in [0, 0.1) is 4.77 Å². The van der Waals surface area contributed by atoms with Crippen LogP contribution in [0.2, 0.25) is 0 Å². The van der Waals surface area contributed by atoms with Gasteiger partial charge in [0.1, 0.15) is 23.2 Å². The van der Waals surface area contributed by atoms with Crippen LogP contribution in [0.4, 0.5) is 0 Å². The van der Waals surface area contributed by atoms with Crippen LogP contribution >= 0.6 is 19.5 Å². The predicted molar refractivity (Wildman–Crippen MR) is 157 cm³/mol. The van der Waals surface area contributed by atoms with E-state index in [1.54, 1.807) is 0 Å². The highest BCUT2D eigenvalue weighted by Crippen LogP contribution is 2.55. The van der Waals surface area contributed by atoms with E-state index in [0.717, 1.165) is 21.5 Å². The molecule has 2 aromatic heterocycles. The number of hydrogen-bond acceptors (Lipinski definition) is 2. The first-order valence-electron chi connectivity index (χ1n) is 11.9. The highest BCUT2D eigenvalue weighted by Gasteiger charge is 2.50. The molecule has 0 fully saturated rings. The van der Waals surface area contributed by atoms with E-state index in [0.29, 0.717) is 6.54 Å². The van der Waals surface area contributed by atoms with Crippen molar-refractivity contribution in [2.45, 2.75) is 6.54 Å². The molecule has 0 aliphatic rings. The van der Waals surface area contributed by atoms with E-state index in [1.165, 1.54) is 21.2 Å². The van der Waals surface area contributed by atoms with E-state index in [4.69, 9.17) is 17.2 Å². The van der Waals surface area contributed by atoms with Crippen LogP contribution in [-0.2, 0) is 6.54 Å². The molecule has 0 saturated heterocycles. The molecule has 3 nitrogen and oxygen atoms in total. The number of fused-ring (bicyclic) bond motifs is 3. The lowest BCUT2D eigenvalue weighted by Crippen LogP contribution is -2.40. The van der Waals surface area contributed by atoms with Crippen molar-refractivity contribution in [3.8, 4) is 0 Å². The van der Waals surface area contributed by atoms with Gasteiger partial charge >= 0.3 is 0 Å². The fraction of sp³-hybridized carbons (Fsp3) is 0.0323. The summed E-state index contributed by atoms with van der Waals surface area (Å²) in [5.41, 5.74) is 2.87. The molecule has 5 heteroatoms. The molecule has 0 aliphatic heterocycles. The third-order valence-corrected chi connectivity index (χ3v) is 11.3. The number of hydrogen-bond donors (Lipinski definition) is 0. The lowest BCUT2D eigenvalue weighted by Gasteiger charge is -2.28. The molecule has 6 rings (SSSR count). The van der Waals surface area contributed by atoms with E-state index in [-0.39, 0.29) is 0 Å². The predicted octanol–water partition coefficient (Wildman–Crippen LogP) is 5.82. The number of nitrogens with zero attached hydrogens (tertiary/aromatic N) is 3. The van der Waals surface area contributed by atoms with Crippen LogP contribution < -0.4 is 21.2 Å². The largest absolute Gasteiger partial charge is 0.317 e. The molecule has 0 spiro atoms. The highest BCUT2D eigenvalue weighted by molar-refractivity contribution is 8.01. The summed E-state index contributed by atoms with van der Waals surface area (Å²) in [6, 6.07) is 40.8. The quantitative estimate of drug-likeness (QED) is 0.163. The Morgan fingerprint density at radius 1 is 0.722 bits per heavy atom. The van der Waals surface area contributed by atoms with Gasteiger partial charge in [0.25, 0.3) is 0 Å². The van der Waals surface area contributed by atoms with Gasteiger partial charge in [0, 0.05) is 6.54 Å². The Labute approximate surface area is 216 Å². The minimum Gasteiger partial charge on any atom is -0.317 e. The van der Waals surface area contributed by atoms with Gasteiger partial charge in [-0.1, -0.05) is 72.8 Å². The molecule has 0 N–H and O–H groups in total. The van der Waals surface area contributed by atoms with Crippen LogP contribution in [0.25, 0.3) is 16.7 Å². The summed E-state index contributed by atoms with van der Waals surface area (Å²) < 4.78 is 4.99. The van der Waals surface area contributed by atoms with Gasteiger partial charge in [-0.25, -0.2) is 4.98 Å². The van der Waals surface area contributed by atoms with Gasteiger partial charge in [-0.3, -0.25) is 4.40 Å². The van der Waals surface area contributed by atoms with Crippen LogP contribution in [-0.4, -0.2) is 14.0 Å². The summed E-state index contributed by atoms with van der Waals surface area (Å²) >= 11 is 6.02. The van der Waals surface area contributed by atoms with Crippen LogP contribution in [0.15, 0.2) is 134 Å². The Hall–Kier alpha value is -3.85. The van der Waals surface area contributed by atoms with Gasteiger partial charge in [0.15, 0.2) is 15.7 Å². The maximum Gasteiger partial charge on any atom is 0.186 e. The number of allylic oxidation sites excluding steroid dienone is 1. The molecule has 0 saturated carbocycles. The first-order valence-corrected chi connectivity index (χ1v) is 14.1. The van der Waals surface area contributed by atoms with Crippen molar-refractivity contribution in [1.29, 1.82) is 0 Å². The number of benzene rings is 4. The van der Waals surface area contributed by atoms with Crippen LogP contribution in [0.1, 0.15) is 0 Å². The summed E-state index contributed by atoms with van der Waals surface area (Å²) in [5, 5.41) is 5.01. The zero-order valence-corrected chi connectivity index (χ0v) is 21.4. The smallest absolute Gasteiger partial charge is 0.186 e. The maximum absolute atomic E-state index is 6.02. The summed E-state index contributed by atoms with van der Waals surface area (Å²) in [6.45, 7) is 4.63. The Kier molecular flexibility index (Phi) is 5.85. The summed E-state index contributed by atoms with van der Waals surface area (Å²) in [5.74, 6) is 0. The second-order valence-corrected chi connectivity index (χ2v) is 12.4. The lowest BCUT2D eigenvalue weighted by molar-refractivity contribution is 0.768. The van der Waals surface area contributed by atoms with Crippen molar-refractivity contribution >= 4 is 57.4 Å². The van der Waals surface area contributed by atoms with Gasteiger partial charge in [0.05, 0.1) is 17.2 Å². The van der Waals surface area contributed by atoms with E-state index < -0.39 is 7.26 Å². The first kappa shape index (κ1) is 22.6. The molecule has 0 aliphatic carbocycles. The summed E-state index contributed by atoms with van der Waals surface area (Å²) in [4.78, 5) is 5.20. The zero-order chi connectivity index (χ0) is 24.5. The second-order valence-electron chi connectivity index (χ2n) is 8.67. The zero-order valence-electron chi connectivity index (χ0n) is 19.7. The number of para-hydroxylation sites is 2. The molecule has 2 heterocycles. The second kappa shape index (κ2) is 9.31. The van der Waals surface area contributed by atoms with Crippen molar-refractivity contribution in [2.75, 3.05) is 0 Å². The molecule has 6 aromatic rings. The van der Waals surface area contributed by atoms with E-state index in [2.05, 4.69) is 125 Å². The first-order chi connectivity index (χ1) is 17.7. The average molecular weight is 503 g/mol. The number of aromatic nitrogens is 3. The van der Waals surface area contributed by atoms with Crippen molar-refractivity contribution in [2.24, 2.45) is 0 Å². The molecular formula is C31H25N3PS+. The molecule has 0 radical (unpaired) electrons. The highest BCUT2D eigenvalue weighted by atomic mass is 32.1. The fourth-order valence-electron chi connectivity index (χ4n) is 5.11. The summed E-state index contributed by atoms with van der Waals surface area (Å²) in [6.07, 6.45) is 4.13. The third kappa shape index (κ3) is 3.45. The lowest BCUT2D eigenvalue weighted by atomic mass is 10.3. The van der Waals surface area contributed by atoms with Gasteiger partial charge < -0.3 is 4.57 Å². The van der Waals surface area contributed by atoms with Crippen molar-refractivity contribution in [3.63, 3.8) is 0 Å². The maximum atomic E-state index is 6.02. The van der Waals surface area contributed by atoms with Crippen molar-refractivity contribution in [1.82, 2.24) is 14.0 Å². The minimum absolute atomic E-state index is 0.618. The van der Waals surface area contributed by atoms with Crippen molar-refractivity contribution in [3.05, 3.63) is 139 Å². The van der Waals surface area contributed by atoms with E-state index >= 15 is 0 Å². The molecule has 0 bridgehead atoms. The molecule has 0 atom stereocenters. The molecule has 36 heavy (non-hydrogen) atoms. The average Bonchev–Trinajstić information content (AvgIpc) is 3.33. The Morgan fingerprint density at radius 3 is 1.75 bits per heavy atom. The normalized spacial score (nSPS) is 11.7. The molecular weight excluding hydrogens is 477 g/mol. The molecule has 0 amide bonds.